The fourth-order valence-corrected chi connectivity index (χ4v) is 3.99. The van der Waals surface area contributed by atoms with E-state index in [1.807, 2.05) is 18.2 Å². The van der Waals surface area contributed by atoms with Gasteiger partial charge in [0, 0.05) is 25.7 Å². The zero-order chi connectivity index (χ0) is 19.3. The Balaban J connectivity index is 1.20. The van der Waals surface area contributed by atoms with Crippen LogP contribution < -0.4 is 14.5 Å². The number of hydrogen-bond acceptors (Lipinski definition) is 6. The maximum atomic E-state index is 11.9. The first-order chi connectivity index (χ1) is 13.7. The van der Waals surface area contributed by atoms with E-state index in [9.17, 15) is 5.21 Å². The van der Waals surface area contributed by atoms with Crippen molar-refractivity contribution in [1.82, 2.24) is 9.88 Å². The summed E-state index contributed by atoms with van der Waals surface area (Å²) >= 11 is 0. The van der Waals surface area contributed by atoms with E-state index in [0.29, 0.717) is 24.8 Å². The van der Waals surface area contributed by atoms with Crippen molar-refractivity contribution >= 4 is 5.82 Å². The van der Waals surface area contributed by atoms with E-state index in [2.05, 4.69) is 22.0 Å². The summed E-state index contributed by atoms with van der Waals surface area (Å²) in [5, 5.41) is 12.9. The van der Waals surface area contributed by atoms with Gasteiger partial charge in [-0.05, 0) is 67.5 Å². The summed E-state index contributed by atoms with van der Waals surface area (Å²) in [6, 6.07) is 10.3. The topological polar surface area (TPSA) is 60.9 Å². The molecule has 2 aliphatic rings. The van der Waals surface area contributed by atoms with Gasteiger partial charge in [-0.2, -0.15) is 4.98 Å². The number of pyridine rings is 1. The first-order valence-corrected chi connectivity index (χ1v) is 10.2. The van der Waals surface area contributed by atoms with Gasteiger partial charge in [-0.25, -0.2) is 0 Å². The molecule has 150 valence electrons. The number of hydroxylamine groups is 1. The van der Waals surface area contributed by atoms with Crippen molar-refractivity contribution in [2.45, 2.75) is 38.6 Å². The lowest BCUT2D eigenvalue weighted by atomic mass is 9.99. The summed E-state index contributed by atoms with van der Waals surface area (Å²) in [6.07, 6.45) is 4.96. The van der Waals surface area contributed by atoms with Gasteiger partial charge < -0.3 is 19.7 Å². The SMILES string of the molecule is COc1ccc2c(c1)CCN(CCCCOc1ccc3c(n1)N([O-])CCC3)C2. The van der Waals surface area contributed by atoms with E-state index in [0.717, 1.165) is 68.1 Å². The highest BCUT2D eigenvalue weighted by Gasteiger charge is 2.16. The van der Waals surface area contributed by atoms with Gasteiger partial charge in [0.15, 0.2) is 0 Å². The van der Waals surface area contributed by atoms with Crippen LogP contribution in [0.4, 0.5) is 5.82 Å². The van der Waals surface area contributed by atoms with E-state index >= 15 is 0 Å². The average Bonchev–Trinajstić information content (AvgIpc) is 2.73. The van der Waals surface area contributed by atoms with Crippen LogP contribution in [-0.4, -0.2) is 43.2 Å². The third-order valence-electron chi connectivity index (χ3n) is 5.60. The van der Waals surface area contributed by atoms with Crippen LogP contribution in [0.3, 0.4) is 0 Å². The Hall–Kier alpha value is -2.31. The maximum absolute atomic E-state index is 11.9. The van der Waals surface area contributed by atoms with E-state index in [1.165, 1.54) is 11.1 Å². The monoisotopic (exact) mass is 382 g/mol. The number of rotatable bonds is 7. The molecule has 4 rings (SSSR count). The lowest BCUT2D eigenvalue weighted by Gasteiger charge is -2.35. The molecular weight excluding hydrogens is 354 g/mol. The molecule has 0 saturated heterocycles. The average molecular weight is 382 g/mol. The number of unbranched alkanes of at least 4 members (excludes halogenated alkanes) is 1. The van der Waals surface area contributed by atoms with Gasteiger partial charge in [-0.15, -0.1) is 0 Å². The van der Waals surface area contributed by atoms with Gasteiger partial charge in [-0.3, -0.25) is 4.90 Å². The van der Waals surface area contributed by atoms with Crippen molar-refractivity contribution < 1.29 is 9.47 Å². The molecular formula is C22H28N3O3-. The number of ether oxygens (including phenoxy) is 2. The molecule has 3 heterocycles. The molecule has 1 aromatic carbocycles. The van der Waals surface area contributed by atoms with E-state index in [-0.39, 0.29) is 0 Å². The zero-order valence-electron chi connectivity index (χ0n) is 16.5. The largest absolute Gasteiger partial charge is 0.757 e. The number of aryl methyl sites for hydroxylation is 1. The molecule has 0 radical (unpaired) electrons. The van der Waals surface area contributed by atoms with Crippen molar-refractivity contribution in [3.05, 3.63) is 52.2 Å². The number of aromatic nitrogens is 1. The molecule has 2 aliphatic heterocycles. The molecule has 6 nitrogen and oxygen atoms in total. The third kappa shape index (κ3) is 4.39. The first kappa shape index (κ1) is 19.0. The van der Waals surface area contributed by atoms with E-state index in [1.54, 1.807) is 7.11 Å². The molecule has 28 heavy (non-hydrogen) atoms. The van der Waals surface area contributed by atoms with Gasteiger partial charge in [0.1, 0.15) is 11.6 Å². The second kappa shape index (κ2) is 8.80. The van der Waals surface area contributed by atoms with Gasteiger partial charge in [-0.1, -0.05) is 12.1 Å². The molecule has 0 amide bonds. The minimum atomic E-state index is 0.523. The zero-order valence-corrected chi connectivity index (χ0v) is 16.5. The lowest BCUT2D eigenvalue weighted by molar-refractivity contribution is 0.233. The highest BCUT2D eigenvalue weighted by molar-refractivity contribution is 5.51. The van der Waals surface area contributed by atoms with Gasteiger partial charge in [0.2, 0.25) is 5.88 Å². The highest BCUT2D eigenvalue weighted by Crippen LogP contribution is 2.27. The smallest absolute Gasteiger partial charge is 0.215 e. The minimum absolute atomic E-state index is 0.523. The predicted octanol–water partition coefficient (Wildman–Crippen LogP) is 3.56. The Morgan fingerprint density at radius 2 is 1.93 bits per heavy atom. The minimum Gasteiger partial charge on any atom is -0.757 e. The maximum Gasteiger partial charge on any atom is 0.215 e. The standard InChI is InChI=1S/C22H28N3O3/c1-27-20-8-6-19-16-24(13-10-18(19)15-20)11-2-3-14-28-21-9-7-17-5-4-12-25(26)22(17)23-21/h6-9,15H,2-5,10-14,16H2,1H3/q-1. The van der Waals surface area contributed by atoms with Crippen molar-refractivity contribution in [2.24, 2.45) is 0 Å². The molecule has 0 spiro atoms. The van der Waals surface area contributed by atoms with Crippen LogP contribution in [0.15, 0.2) is 30.3 Å². The number of benzene rings is 1. The van der Waals surface area contributed by atoms with Crippen LogP contribution in [-0.2, 0) is 19.4 Å². The predicted molar refractivity (Wildman–Crippen MR) is 110 cm³/mol. The number of nitrogens with zero attached hydrogens (tertiary/aromatic N) is 3. The lowest BCUT2D eigenvalue weighted by Crippen LogP contribution is -2.31. The highest BCUT2D eigenvalue weighted by atomic mass is 16.5. The number of anilines is 1. The van der Waals surface area contributed by atoms with E-state index in [4.69, 9.17) is 9.47 Å². The quantitative estimate of drug-likeness (QED) is 0.683. The van der Waals surface area contributed by atoms with Crippen molar-refractivity contribution in [1.29, 1.82) is 0 Å². The Kier molecular flexibility index (Phi) is 5.98. The molecule has 0 fully saturated rings. The van der Waals surface area contributed by atoms with Crippen molar-refractivity contribution in [3.8, 4) is 11.6 Å². The molecule has 0 unspecified atom stereocenters. The van der Waals surface area contributed by atoms with Crippen molar-refractivity contribution in [3.63, 3.8) is 0 Å². The molecule has 0 saturated carbocycles. The second-order valence-corrected chi connectivity index (χ2v) is 7.55. The van der Waals surface area contributed by atoms with Crippen LogP contribution in [0.25, 0.3) is 0 Å². The van der Waals surface area contributed by atoms with Crippen LogP contribution >= 0.6 is 0 Å². The van der Waals surface area contributed by atoms with E-state index < -0.39 is 0 Å². The van der Waals surface area contributed by atoms with Crippen molar-refractivity contribution in [2.75, 3.05) is 38.4 Å². The molecule has 6 heteroatoms. The van der Waals surface area contributed by atoms with Crippen LogP contribution in [0.5, 0.6) is 11.6 Å². The Morgan fingerprint density at radius 3 is 2.82 bits per heavy atom. The Morgan fingerprint density at radius 1 is 1.04 bits per heavy atom. The van der Waals surface area contributed by atoms with Crippen LogP contribution in [0.1, 0.15) is 36.0 Å². The third-order valence-corrected chi connectivity index (χ3v) is 5.60. The summed E-state index contributed by atoms with van der Waals surface area (Å²) < 4.78 is 11.1. The van der Waals surface area contributed by atoms with Gasteiger partial charge >= 0.3 is 0 Å². The molecule has 0 aliphatic carbocycles. The first-order valence-electron chi connectivity index (χ1n) is 10.2. The summed E-state index contributed by atoms with van der Waals surface area (Å²) in [7, 11) is 1.72. The Bertz CT molecular complexity index is 812. The molecule has 2 aromatic rings. The normalized spacial score (nSPS) is 16.4. The Labute approximate surface area is 166 Å². The summed E-state index contributed by atoms with van der Waals surface area (Å²) in [6.45, 7) is 4.32. The van der Waals surface area contributed by atoms with Crippen LogP contribution in [0, 0.1) is 5.21 Å². The second-order valence-electron chi connectivity index (χ2n) is 7.55. The number of hydrogen-bond donors (Lipinski definition) is 0. The molecule has 0 bridgehead atoms. The fraction of sp³-hybridized carbons (Fsp3) is 0.500. The van der Waals surface area contributed by atoms with Crippen LogP contribution in [0.2, 0.25) is 0 Å². The summed E-state index contributed by atoms with van der Waals surface area (Å²) in [5.74, 6) is 2.04. The number of methoxy groups -OCH3 is 1. The number of fused-ring (bicyclic) bond motifs is 2. The summed E-state index contributed by atoms with van der Waals surface area (Å²) in [4.78, 5) is 6.89. The fourth-order valence-electron chi connectivity index (χ4n) is 3.99. The molecule has 1 aromatic heterocycles. The van der Waals surface area contributed by atoms with Gasteiger partial charge in [0.05, 0.1) is 13.7 Å². The molecule has 0 N–H and O–H groups in total. The van der Waals surface area contributed by atoms with Gasteiger partial charge in [0.25, 0.3) is 0 Å². The molecule has 0 atom stereocenters. The summed E-state index contributed by atoms with van der Waals surface area (Å²) in [5.41, 5.74) is 3.84.